The number of rotatable bonds is 24. The number of amides is 4. The van der Waals surface area contributed by atoms with Gasteiger partial charge in [0.15, 0.2) is 29.0 Å². The highest BCUT2D eigenvalue weighted by Gasteiger charge is 2.28. The van der Waals surface area contributed by atoms with Crippen molar-refractivity contribution in [1.82, 2.24) is 59.7 Å². The molecule has 4 amide bonds. The number of nitrogens with one attached hydrogen (secondary N) is 7. The molecule has 1 saturated heterocycles. The van der Waals surface area contributed by atoms with Crippen molar-refractivity contribution in [1.29, 1.82) is 0 Å². The molecule has 3 aliphatic rings. The molecular formula is C80H88FN17O7. The van der Waals surface area contributed by atoms with Crippen molar-refractivity contribution >= 4 is 97.6 Å². The molecule has 0 spiro atoms. The van der Waals surface area contributed by atoms with Crippen LogP contribution in [0.2, 0.25) is 0 Å². The van der Waals surface area contributed by atoms with Crippen LogP contribution in [0, 0.1) is 59.2 Å². The third-order valence-corrected chi connectivity index (χ3v) is 19.2. The molecule has 7 heterocycles. The maximum atomic E-state index is 14.5. The van der Waals surface area contributed by atoms with E-state index in [0.717, 1.165) is 94.3 Å². The van der Waals surface area contributed by atoms with Gasteiger partial charge in [-0.2, -0.15) is 15.3 Å². The van der Waals surface area contributed by atoms with Gasteiger partial charge in [0.2, 0.25) is 0 Å². The Morgan fingerprint density at radius 1 is 0.514 bits per heavy atom. The molecule has 11 aromatic rings. The number of halogens is 1. The minimum atomic E-state index is -0.432. The van der Waals surface area contributed by atoms with E-state index in [0.29, 0.717) is 143 Å². The Morgan fingerprint density at radius 3 is 1.36 bits per heavy atom. The summed E-state index contributed by atoms with van der Waals surface area (Å²) in [6.07, 6.45) is 17.1. The Morgan fingerprint density at radius 2 is 0.933 bits per heavy atom. The average Bonchev–Trinajstić information content (AvgIpc) is 1.67. The van der Waals surface area contributed by atoms with Crippen LogP contribution >= 0.6 is 0 Å². The van der Waals surface area contributed by atoms with Crippen molar-refractivity contribution in [3.63, 3.8) is 0 Å². The van der Waals surface area contributed by atoms with E-state index in [1.54, 1.807) is 50.3 Å². The molecule has 0 bridgehead atoms. The Hall–Kier alpha value is -11.7. The van der Waals surface area contributed by atoms with Crippen LogP contribution in [0.5, 0.6) is 0 Å². The number of aryl methyl sites for hydroxylation is 6. The number of carbonyl (C=O) groups is 6. The van der Waals surface area contributed by atoms with E-state index in [1.165, 1.54) is 31.1 Å². The number of Topliss-reactive ketones (excluding diaryl/α,β-unsaturated/α-hetero) is 2. The fraction of sp³-hybridized carbons (Fsp3) is 0.325. The van der Waals surface area contributed by atoms with Gasteiger partial charge in [0.1, 0.15) is 41.3 Å². The summed E-state index contributed by atoms with van der Waals surface area (Å²) in [7, 11) is 0. The molecule has 2 saturated carbocycles. The quantitative estimate of drug-likeness (QED) is 0.0277. The molecular weight excluding hydrogens is 1330 g/mol. The summed E-state index contributed by atoms with van der Waals surface area (Å²) in [4.78, 5) is 92.0. The fourth-order valence-electron chi connectivity index (χ4n) is 12.6. The molecule has 1 atom stereocenters. The number of ketones is 2. The van der Waals surface area contributed by atoms with Crippen LogP contribution in [-0.4, -0.2) is 118 Å². The van der Waals surface area contributed by atoms with Crippen molar-refractivity contribution < 1.29 is 37.9 Å². The zero-order chi connectivity index (χ0) is 74.0. The smallest absolute Gasteiger partial charge is 0.255 e. The predicted octanol–water partition coefficient (Wildman–Crippen LogP) is 14.2. The summed E-state index contributed by atoms with van der Waals surface area (Å²) in [5, 5.41) is 34.6. The van der Waals surface area contributed by atoms with Crippen molar-refractivity contribution in [2.45, 2.75) is 120 Å². The Balaban J connectivity index is 0.000000153. The Bertz CT molecular complexity index is 4900. The first-order valence-electron chi connectivity index (χ1n) is 35.8. The number of carbonyl (C=O) groups excluding carboxylic acids is 6. The normalized spacial score (nSPS) is 13.6. The average molecular weight is 1420 g/mol. The van der Waals surface area contributed by atoms with Crippen molar-refractivity contribution in [2.75, 3.05) is 65.6 Å². The fourth-order valence-corrected chi connectivity index (χ4v) is 12.6. The van der Waals surface area contributed by atoms with Gasteiger partial charge in [0, 0.05) is 103 Å². The standard InChI is InChI=1S/C34H34FN7O3.2C23H27N5O2/c1-21-9-10-25(33(43)39-27-16-26(35)17-28(18-27)41-11-13-45-14-12-41)15-30(21)40-32-31-22(2)29(19-42(31)37-20-36-32)34(44)38-23(3)24-7-5-4-6-8-24;2*1-4-9-24-23(30)18-12-28-21(15(18)3)22(25-13-26-28)27-19-11-17(8-5-14(19)2)20(29)10-16-6-7-16/h4-10,15-20,23H,11-14H2,1-3H3,(H,38,44)(H,39,43)(H,36,37,40);2*5,8,11-13,16H,4,6-7,9-10H2,1-3H3,(H,24,30)(H,25,26,27). The zero-order valence-corrected chi connectivity index (χ0v) is 60.6. The first-order valence-corrected chi connectivity index (χ1v) is 35.8. The Labute approximate surface area is 608 Å². The molecule has 1 unspecified atom stereocenters. The van der Waals surface area contributed by atoms with Gasteiger partial charge in [-0.25, -0.2) is 32.9 Å². The van der Waals surface area contributed by atoms with Crippen LogP contribution in [0.3, 0.4) is 0 Å². The largest absolute Gasteiger partial charge is 0.378 e. The lowest BCUT2D eigenvalue weighted by Crippen LogP contribution is -2.36. The van der Waals surface area contributed by atoms with Gasteiger partial charge < -0.3 is 46.9 Å². The molecule has 2 aliphatic carbocycles. The van der Waals surface area contributed by atoms with E-state index in [-0.39, 0.29) is 41.2 Å². The lowest BCUT2D eigenvalue weighted by molar-refractivity contribution is 0.0933. The van der Waals surface area contributed by atoms with Crippen molar-refractivity contribution in [2.24, 2.45) is 11.8 Å². The van der Waals surface area contributed by atoms with Crippen LogP contribution in [0.1, 0.15) is 179 Å². The third kappa shape index (κ3) is 17.5. The minimum absolute atomic E-state index is 0.116. The molecule has 3 fully saturated rings. The lowest BCUT2D eigenvalue weighted by Gasteiger charge is -2.29. The molecule has 25 heteroatoms. The maximum Gasteiger partial charge on any atom is 0.255 e. The van der Waals surface area contributed by atoms with Gasteiger partial charge in [-0.1, -0.05) is 74.5 Å². The molecule has 14 rings (SSSR count). The number of anilines is 8. The number of hydrogen-bond acceptors (Lipinski definition) is 17. The molecule has 24 nitrogen and oxygen atoms in total. The summed E-state index contributed by atoms with van der Waals surface area (Å²) in [5.41, 5.74) is 15.2. The molecule has 1 aliphatic heterocycles. The van der Waals surface area contributed by atoms with Gasteiger partial charge in [0.05, 0.1) is 35.9 Å². The monoisotopic (exact) mass is 1420 g/mol. The summed E-state index contributed by atoms with van der Waals surface area (Å²) >= 11 is 0. The molecule has 5 aromatic carbocycles. The number of morpholine rings is 1. The second-order valence-electron chi connectivity index (χ2n) is 27.2. The zero-order valence-electron chi connectivity index (χ0n) is 60.6. The van der Waals surface area contributed by atoms with Crippen LogP contribution in [0.25, 0.3) is 16.6 Å². The second-order valence-corrected chi connectivity index (χ2v) is 27.2. The van der Waals surface area contributed by atoms with Crippen molar-refractivity contribution in [3.05, 3.63) is 219 Å². The number of hydrogen-bond donors (Lipinski definition) is 7. The van der Waals surface area contributed by atoms with Gasteiger partial charge >= 0.3 is 0 Å². The van der Waals surface area contributed by atoms with Crippen molar-refractivity contribution in [3.8, 4) is 0 Å². The number of fused-ring (bicyclic) bond motifs is 3. The maximum absolute atomic E-state index is 14.5. The number of benzene rings is 5. The van der Waals surface area contributed by atoms with E-state index in [1.807, 2.05) is 140 Å². The molecule has 105 heavy (non-hydrogen) atoms. The number of nitrogens with zero attached hydrogens (tertiary/aromatic N) is 10. The predicted molar refractivity (Wildman–Crippen MR) is 405 cm³/mol. The highest BCUT2D eigenvalue weighted by atomic mass is 19.1. The van der Waals surface area contributed by atoms with Gasteiger partial charge in [-0.3, -0.25) is 28.8 Å². The topological polar surface area (TPSA) is 290 Å². The lowest BCUT2D eigenvalue weighted by atomic mass is 10.0. The van der Waals surface area contributed by atoms with Crippen LogP contribution in [0.15, 0.2) is 141 Å². The van der Waals surface area contributed by atoms with E-state index in [2.05, 4.69) is 67.5 Å². The summed E-state index contributed by atoms with van der Waals surface area (Å²) < 4.78 is 24.8. The SMILES string of the molecule is CCCNC(=O)c1cn2ncnc(Nc3cc(C(=O)CC4CC4)ccc3C)c2c1C.CCCNC(=O)c1cn2ncnc(Nc3cc(C(=O)CC4CC4)ccc3C)c2c1C.Cc1ccc(C(=O)Nc2cc(F)cc(N3CCOCC3)c2)cc1Nc1ncnn2cc(C(=O)NC(C)c3ccccc3)c(C)c12. The van der Waals surface area contributed by atoms with Gasteiger partial charge in [0.25, 0.3) is 23.6 Å². The van der Waals surface area contributed by atoms with Gasteiger partial charge in [-0.05, 0) is 180 Å². The highest BCUT2D eigenvalue weighted by molar-refractivity contribution is 6.06. The summed E-state index contributed by atoms with van der Waals surface area (Å²) in [6, 6.07) is 30.8. The second kappa shape index (κ2) is 32.7. The van der Waals surface area contributed by atoms with Crippen LogP contribution < -0.4 is 42.1 Å². The number of ether oxygens (including phenoxy) is 1. The highest BCUT2D eigenvalue weighted by Crippen LogP contribution is 2.37. The molecule has 542 valence electrons. The first-order chi connectivity index (χ1) is 50.7. The van der Waals surface area contributed by atoms with E-state index >= 15 is 0 Å². The van der Waals surface area contributed by atoms with E-state index in [4.69, 9.17) is 4.74 Å². The minimum Gasteiger partial charge on any atom is -0.378 e. The summed E-state index contributed by atoms with van der Waals surface area (Å²) in [5.74, 6) is 1.90. The van der Waals surface area contributed by atoms with Crippen LogP contribution in [0.4, 0.5) is 50.3 Å². The molecule has 7 N–H and O–H groups in total. The van der Waals surface area contributed by atoms with E-state index < -0.39 is 5.82 Å². The van der Waals surface area contributed by atoms with Crippen LogP contribution in [-0.2, 0) is 4.74 Å². The number of aromatic nitrogens is 9. The van der Waals surface area contributed by atoms with Gasteiger partial charge in [-0.15, -0.1) is 0 Å². The molecule has 0 radical (unpaired) electrons. The Kier molecular flexibility index (Phi) is 22.8. The third-order valence-electron chi connectivity index (χ3n) is 19.2. The van der Waals surface area contributed by atoms with E-state index in [9.17, 15) is 33.2 Å². The first kappa shape index (κ1) is 73.0. The summed E-state index contributed by atoms with van der Waals surface area (Å²) in [6.45, 7) is 21.2. The molecule has 6 aromatic heterocycles.